The lowest BCUT2D eigenvalue weighted by atomic mass is 10.2. The fraction of sp³-hybridized carbons (Fsp3) is 0.294. The van der Waals surface area contributed by atoms with Gasteiger partial charge in [-0.15, -0.1) is 0 Å². The largest absolute Gasteiger partial charge is 0.328 e. The van der Waals surface area contributed by atoms with Crippen LogP contribution in [-0.2, 0) is 6.54 Å². The van der Waals surface area contributed by atoms with Crippen molar-refractivity contribution in [2.45, 2.75) is 33.1 Å². The number of halogens is 1. The Hall–Kier alpha value is -1.65. The fourth-order valence-electron chi connectivity index (χ4n) is 2.56. The van der Waals surface area contributed by atoms with Crippen LogP contribution in [0.5, 0.6) is 0 Å². The molecule has 0 aliphatic carbocycles. The van der Waals surface area contributed by atoms with Crippen LogP contribution in [0.4, 0.5) is 0 Å². The van der Waals surface area contributed by atoms with E-state index in [1.165, 1.54) is 10.8 Å². The van der Waals surface area contributed by atoms with Gasteiger partial charge in [0.05, 0.1) is 13.5 Å². The van der Waals surface area contributed by atoms with Crippen LogP contribution in [-0.4, -0.2) is 22.6 Å². The van der Waals surface area contributed by atoms with Gasteiger partial charge in [0.15, 0.2) is 0 Å². The molecule has 2 aromatic heterocycles. The van der Waals surface area contributed by atoms with Crippen molar-refractivity contribution in [2.75, 3.05) is 0 Å². The van der Waals surface area contributed by atoms with Crippen molar-refractivity contribution in [3.63, 3.8) is 0 Å². The number of nitrogens with zero attached hydrogens (tertiary/aromatic N) is 3. The molecule has 0 N–H and O–H groups in total. The van der Waals surface area contributed by atoms with Gasteiger partial charge in [-0.3, -0.25) is 0 Å². The van der Waals surface area contributed by atoms with Gasteiger partial charge < -0.3 is 4.57 Å². The third-order valence-corrected chi connectivity index (χ3v) is 6.21. The van der Waals surface area contributed by atoms with E-state index in [0.29, 0.717) is 11.0 Å². The first kappa shape index (κ1) is 15.3. The van der Waals surface area contributed by atoms with E-state index in [-0.39, 0.29) is 0 Å². The van der Waals surface area contributed by atoms with E-state index in [4.69, 9.17) is 11.6 Å². The summed E-state index contributed by atoms with van der Waals surface area (Å²) in [6.45, 7) is 9.75. The van der Waals surface area contributed by atoms with Gasteiger partial charge in [-0.1, -0.05) is 60.7 Å². The second-order valence-electron chi connectivity index (χ2n) is 6.69. The smallest absolute Gasteiger partial charge is 0.145 e. The Labute approximate surface area is 137 Å². The molecule has 0 radical (unpaired) electrons. The molecular weight excluding hydrogens is 310 g/mol. The van der Waals surface area contributed by atoms with Crippen LogP contribution < -0.4 is 5.19 Å². The van der Waals surface area contributed by atoms with Gasteiger partial charge in [0, 0.05) is 12.7 Å². The van der Waals surface area contributed by atoms with Crippen molar-refractivity contribution >= 4 is 35.9 Å². The summed E-state index contributed by atoms with van der Waals surface area (Å²) in [6, 6.07) is 10.9. The van der Waals surface area contributed by atoms with Crippen LogP contribution >= 0.6 is 11.6 Å². The number of hydrogen-bond donors (Lipinski definition) is 0. The quantitative estimate of drug-likeness (QED) is 0.537. The molecule has 0 spiro atoms. The number of rotatable bonds is 3. The molecule has 0 saturated heterocycles. The molecule has 0 atom stereocenters. The van der Waals surface area contributed by atoms with Crippen LogP contribution in [0.1, 0.15) is 11.4 Å². The first-order valence-corrected chi connectivity index (χ1v) is 11.3. The highest BCUT2D eigenvalue weighted by Gasteiger charge is 2.15. The molecule has 2 heterocycles. The molecule has 0 saturated carbocycles. The second-order valence-corrected chi connectivity index (χ2v) is 12.1. The van der Waals surface area contributed by atoms with Crippen LogP contribution in [0.3, 0.4) is 0 Å². The molecule has 0 unspecified atom stereocenters. The Balaban J connectivity index is 1.93. The molecule has 0 amide bonds. The number of aromatic nitrogens is 3. The highest BCUT2D eigenvalue weighted by atomic mass is 35.5. The molecule has 22 heavy (non-hydrogen) atoms. The highest BCUT2D eigenvalue weighted by Crippen LogP contribution is 2.22. The SMILES string of the molecule is Cc1nc(Cl)c2ccn(Cc3ccc([Si](C)(C)C)cc3)c2n1. The van der Waals surface area contributed by atoms with E-state index in [0.717, 1.165) is 17.6 Å². The second kappa shape index (κ2) is 5.52. The van der Waals surface area contributed by atoms with Gasteiger partial charge >= 0.3 is 0 Å². The van der Waals surface area contributed by atoms with Crippen LogP contribution in [0, 0.1) is 6.92 Å². The summed E-state index contributed by atoms with van der Waals surface area (Å²) >= 11 is 6.19. The first-order chi connectivity index (χ1) is 10.3. The van der Waals surface area contributed by atoms with Crippen molar-refractivity contribution < 1.29 is 0 Å². The summed E-state index contributed by atoms with van der Waals surface area (Å²) in [4.78, 5) is 8.73. The third-order valence-electron chi connectivity index (χ3n) is 3.86. The Morgan fingerprint density at radius 1 is 1.05 bits per heavy atom. The minimum Gasteiger partial charge on any atom is -0.328 e. The van der Waals surface area contributed by atoms with E-state index in [9.17, 15) is 0 Å². The summed E-state index contributed by atoms with van der Waals surface area (Å²) in [5.41, 5.74) is 2.17. The van der Waals surface area contributed by atoms with Gasteiger partial charge in [0.25, 0.3) is 0 Å². The maximum atomic E-state index is 6.19. The summed E-state index contributed by atoms with van der Waals surface area (Å²) in [6.07, 6.45) is 2.02. The van der Waals surface area contributed by atoms with Gasteiger partial charge in [-0.25, -0.2) is 9.97 Å². The molecule has 3 aromatic rings. The van der Waals surface area contributed by atoms with Crippen LogP contribution in [0.2, 0.25) is 24.8 Å². The topological polar surface area (TPSA) is 30.7 Å². The predicted molar refractivity (Wildman–Crippen MR) is 95.8 cm³/mol. The molecule has 0 fully saturated rings. The molecule has 1 aromatic carbocycles. The Morgan fingerprint density at radius 3 is 2.36 bits per heavy atom. The number of fused-ring (bicyclic) bond motifs is 1. The zero-order valence-electron chi connectivity index (χ0n) is 13.4. The monoisotopic (exact) mass is 329 g/mol. The third kappa shape index (κ3) is 2.94. The molecule has 114 valence electrons. The lowest BCUT2D eigenvalue weighted by Crippen LogP contribution is -2.37. The van der Waals surface area contributed by atoms with Crippen molar-refractivity contribution in [3.8, 4) is 0 Å². The molecule has 3 rings (SSSR count). The van der Waals surface area contributed by atoms with Crippen LogP contribution in [0.15, 0.2) is 36.5 Å². The number of hydrogen-bond acceptors (Lipinski definition) is 2. The van der Waals surface area contributed by atoms with Crippen molar-refractivity contribution in [1.82, 2.24) is 14.5 Å². The Morgan fingerprint density at radius 2 is 1.73 bits per heavy atom. The van der Waals surface area contributed by atoms with E-state index in [2.05, 4.69) is 58.4 Å². The Kier molecular flexibility index (Phi) is 3.83. The molecular formula is C17H20ClN3Si. The fourth-order valence-corrected chi connectivity index (χ4v) is 4.00. The predicted octanol–water partition coefficient (Wildman–Crippen LogP) is 3.99. The van der Waals surface area contributed by atoms with Crippen molar-refractivity contribution in [1.29, 1.82) is 0 Å². The summed E-state index contributed by atoms with van der Waals surface area (Å²) in [7, 11) is -1.24. The van der Waals surface area contributed by atoms with E-state index >= 15 is 0 Å². The zero-order chi connectivity index (χ0) is 15.9. The lowest BCUT2D eigenvalue weighted by molar-refractivity contribution is 0.820. The van der Waals surface area contributed by atoms with Gasteiger partial charge in [-0.05, 0) is 18.6 Å². The van der Waals surface area contributed by atoms with E-state index in [1.807, 2.05) is 19.2 Å². The summed E-state index contributed by atoms with van der Waals surface area (Å²) in [5, 5.41) is 2.91. The highest BCUT2D eigenvalue weighted by molar-refractivity contribution is 6.88. The standard InChI is InChI=1S/C17H20ClN3Si/c1-12-19-16(18)15-9-10-21(17(15)20-12)11-13-5-7-14(8-6-13)22(2,3)4/h5-10H,11H2,1-4H3. The van der Waals surface area contributed by atoms with Gasteiger partial charge in [-0.2, -0.15) is 0 Å². The maximum absolute atomic E-state index is 6.19. The van der Waals surface area contributed by atoms with Gasteiger partial charge in [0.1, 0.15) is 16.6 Å². The molecule has 5 heteroatoms. The van der Waals surface area contributed by atoms with Crippen LogP contribution in [0.25, 0.3) is 11.0 Å². The lowest BCUT2D eigenvalue weighted by Gasteiger charge is -2.17. The van der Waals surface area contributed by atoms with Crippen molar-refractivity contribution in [2.24, 2.45) is 0 Å². The average Bonchev–Trinajstić information content (AvgIpc) is 2.82. The number of aryl methyl sites for hydroxylation is 1. The molecule has 0 aliphatic heterocycles. The maximum Gasteiger partial charge on any atom is 0.145 e. The molecule has 3 nitrogen and oxygen atoms in total. The van der Waals surface area contributed by atoms with Gasteiger partial charge in [0.2, 0.25) is 0 Å². The first-order valence-electron chi connectivity index (χ1n) is 7.43. The Bertz CT molecular complexity index is 816. The minimum absolute atomic E-state index is 0.523. The van der Waals surface area contributed by atoms with E-state index in [1.54, 1.807) is 0 Å². The normalized spacial score (nSPS) is 12.0. The summed E-state index contributed by atoms with van der Waals surface area (Å²) < 4.78 is 2.12. The molecule has 0 aliphatic rings. The van der Waals surface area contributed by atoms with E-state index < -0.39 is 8.07 Å². The number of benzene rings is 1. The molecule has 0 bridgehead atoms. The van der Waals surface area contributed by atoms with Crippen molar-refractivity contribution in [3.05, 3.63) is 53.1 Å². The minimum atomic E-state index is -1.24. The summed E-state index contributed by atoms with van der Waals surface area (Å²) in [5.74, 6) is 0.700. The zero-order valence-corrected chi connectivity index (χ0v) is 15.1. The average molecular weight is 330 g/mol.